The summed E-state index contributed by atoms with van der Waals surface area (Å²) in [7, 11) is 0. The standard InChI is InChI=1S/C17H19N/c1-9-6-7-18-15-8-14-12(4)10(2)11(3)13(5)17(14)16(9)15/h6-7H,8H2,1-5H3. The van der Waals surface area contributed by atoms with Crippen molar-refractivity contribution >= 4 is 0 Å². The zero-order chi connectivity index (χ0) is 13.0. The molecule has 0 saturated carbocycles. The molecule has 1 aromatic carbocycles. The Morgan fingerprint density at radius 2 is 1.50 bits per heavy atom. The van der Waals surface area contributed by atoms with Crippen LogP contribution in [0.1, 0.15) is 39.1 Å². The van der Waals surface area contributed by atoms with E-state index in [0.29, 0.717) is 0 Å². The highest BCUT2D eigenvalue weighted by Gasteiger charge is 2.26. The van der Waals surface area contributed by atoms with Crippen LogP contribution in [0.3, 0.4) is 0 Å². The van der Waals surface area contributed by atoms with Crippen LogP contribution in [0.15, 0.2) is 12.3 Å². The van der Waals surface area contributed by atoms with E-state index in [2.05, 4.69) is 45.7 Å². The maximum Gasteiger partial charge on any atom is 0.0528 e. The normalized spacial score (nSPS) is 12.5. The van der Waals surface area contributed by atoms with Crippen molar-refractivity contribution in [1.29, 1.82) is 0 Å². The van der Waals surface area contributed by atoms with E-state index in [1.54, 1.807) is 0 Å². The van der Waals surface area contributed by atoms with Crippen molar-refractivity contribution in [2.75, 3.05) is 0 Å². The highest BCUT2D eigenvalue weighted by Crippen LogP contribution is 2.43. The van der Waals surface area contributed by atoms with Gasteiger partial charge in [0, 0.05) is 18.2 Å². The molecule has 0 N–H and O–H groups in total. The van der Waals surface area contributed by atoms with Gasteiger partial charge >= 0.3 is 0 Å². The Labute approximate surface area is 109 Å². The van der Waals surface area contributed by atoms with Crippen molar-refractivity contribution in [1.82, 2.24) is 4.98 Å². The van der Waals surface area contributed by atoms with E-state index >= 15 is 0 Å². The molecule has 1 heteroatoms. The Morgan fingerprint density at radius 1 is 0.833 bits per heavy atom. The monoisotopic (exact) mass is 237 g/mol. The number of aryl methyl sites for hydroxylation is 1. The SMILES string of the molecule is Cc1ccnc2c1-c1c(C)c(C)c(C)c(C)c1C2. The quantitative estimate of drug-likeness (QED) is 0.571. The Balaban J connectivity index is 2.44. The molecule has 2 aromatic rings. The number of hydrogen-bond donors (Lipinski definition) is 0. The van der Waals surface area contributed by atoms with E-state index < -0.39 is 0 Å². The Bertz CT molecular complexity index is 666. The molecule has 0 fully saturated rings. The summed E-state index contributed by atoms with van der Waals surface area (Å²) in [4.78, 5) is 4.58. The van der Waals surface area contributed by atoms with E-state index in [-0.39, 0.29) is 0 Å². The van der Waals surface area contributed by atoms with Gasteiger partial charge in [-0.15, -0.1) is 0 Å². The number of aromatic nitrogens is 1. The molecule has 0 unspecified atom stereocenters. The fraction of sp³-hybridized carbons (Fsp3) is 0.353. The van der Waals surface area contributed by atoms with Crippen LogP contribution in [0.25, 0.3) is 11.1 Å². The second-order valence-electron chi connectivity index (χ2n) is 5.48. The van der Waals surface area contributed by atoms with E-state index in [4.69, 9.17) is 0 Å². The molecule has 0 spiro atoms. The van der Waals surface area contributed by atoms with Crippen molar-refractivity contribution < 1.29 is 0 Å². The molecule has 1 aliphatic carbocycles. The molecule has 0 aliphatic heterocycles. The maximum absolute atomic E-state index is 4.58. The van der Waals surface area contributed by atoms with Crippen molar-refractivity contribution in [3.05, 3.63) is 51.3 Å². The first-order valence-electron chi connectivity index (χ1n) is 6.56. The van der Waals surface area contributed by atoms with Gasteiger partial charge in [-0.2, -0.15) is 0 Å². The van der Waals surface area contributed by atoms with Crippen LogP contribution in [-0.4, -0.2) is 4.98 Å². The van der Waals surface area contributed by atoms with Crippen LogP contribution in [0, 0.1) is 34.6 Å². The Kier molecular flexibility index (Phi) is 2.34. The molecule has 0 bridgehead atoms. The average Bonchev–Trinajstić information content (AvgIpc) is 2.75. The van der Waals surface area contributed by atoms with Gasteiger partial charge in [0.2, 0.25) is 0 Å². The molecular formula is C17H19N. The second-order valence-corrected chi connectivity index (χ2v) is 5.48. The summed E-state index contributed by atoms with van der Waals surface area (Å²) in [6.45, 7) is 11.2. The summed E-state index contributed by atoms with van der Waals surface area (Å²) in [5.41, 5.74) is 12.7. The highest BCUT2D eigenvalue weighted by atomic mass is 14.7. The van der Waals surface area contributed by atoms with Crippen LogP contribution < -0.4 is 0 Å². The third kappa shape index (κ3) is 1.30. The summed E-state index contributed by atoms with van der Waals surface area (Å²) in [6.07, 6.45) is 2.94. The van der Waals surface area contributed by atoms with E-state index in [9.17, 15) is 0 Å². The lowest BCUT2D eigenvalue weighted by atomic mass is 9.88. The molecule has 1 aromatic heterocycles. The summed E-state index contributed by atoms with van der Waals surface area (Å²) >= 11 is 0. The summed E-state index contributed by atoms with van der Waals surface area (Å²) in [5, 5.41) is 0. The van der Waals surface area contributed by atoms with Crippen LogP contribution in [0.2, 0.25) is 0 Å². The minimum absolute atomic E-state index is 1.00. The van der Waals surface area contributed by atoms with Crippen LogP contribution in [-0.2, 0) is 6.42 Å². The molecular weight excluding hydrogens is 218 g/mol. The third-order valence-electron chi connectivity index (χ3n) is 4.65. The fourth-order valence-electron chi connectivity index (χ4n) is 3.21. The van der Waals surface area contributed by atoms with E-state index in [0.717, 1.165) is 6.42 Å². The number of hydrogen-bond acceptors (Lipinski definition) is 1. The van der Waals surface area contributed by atoms with Gasteiger partial charge in [0.25, 0.3) is 0 Å². The molecule has 1 nitrogen and oxygen atoms in total. The van der Waals surface area contributed by atoms with Crippen molar-refractivity contribution in [2.45, 2.75) is 41.0 Å². The van der Waals surface area contributed by atoms with Gasteiger partial charge in [0.15, 0.2) is 0 Å². The van der Waals surface area contributed by atoms with Gasteiger partial charge in [-0.25, -0.2) is 0 Å². The third-order valence-corrected chi connectivity index (χ3v) is 4.65. The molecule has 0 saturated heterocycles. The lowest BCUT2D eigenvalue weighted by Gasteiger charge is -2.16. The van der Waals surface area contributed by atoms with Gasteiger partial charge in [-0.3, -0.25) is 4.98 Å². The van der Waals surface area contributed by atoms with Crippen molar-refractivity contribution in [3.8, 4) is 11.1 Å². The largest absolute Gasteiger partial charge is 0.260 e. The fourth-order valence-corrected chi connectivity index (χ4v) is 3.21. The summed E-state index contributed by atoms with van der Waals surface area (Å²) in [5.74, 6) is 0. The first kappa shape index (κ1) is 11.5. The molecule has 0 atom stereocenters. The lowest BCUT2D eigenvalue weighted by molar-refractivity contribution is 1.09. The molecule has 1 heterocycles. The van der Waals surface area contributed by atoms with Gasteiger partial charge in [-0.1, -0.05) is 0 Å². The number of rotatable bonds is 0. The molecule has 92 valence electrons. The molecule has 1 aliphatic rings. The Hall–Kier alpha value is -1.63. The van der Waals surface area contributed by atoms with Crippen LogP contribution in [0.4, 0.5) is 0 Å². The van der Waals surface area contributed by atoms with Crippen LogP contribution >= 0.6 is 0 Å². The lowest BCUT2D eigenvalue weighted by Crippen LogP contribution is -1.98. The molecule has 0 radical (unpaired) electrons. The van der Waals surface area contributed by atoms with Crippen molar-refractivity contribution in [2.24, 2.45) is 0 Å². The average molecular weight is 237 g/mol. The Morgan fingerprint density at radius 3 is 2.22 bits per heavy atom. The number of fused-ring (bicyclic) bond motifs is 3. The second kappa shape index (κ2) is 3.68. The minimum Gasteiger partial charge on any atom is -0.260 e. The topological polar surface area (TPSA) is 12.9 Å². The molecule has 3 rings (SSSR count). The highest BCUT2D eigenvalue weighted by molar-refractivity contribution is 5.83. The van der Waals surface area contributed by atoms with Crippen molar-refractivity contribution in [3.63, 3.8) is 0 Å². The number of nitrogens with zero attached hydrogens (tertiary/aromatic N) is 1. The van der Waals surface area contributed by atoms with Gasteiger partial charge in [0.1, 0.15) is 0 Å². The first-order valence-corrected chi connectivity index (χ1v) is 6.56. The van der Waals surface area contributed by atoms with E-state index in [1.807, 2.05) is 6.20 Å². The predicted molar refractivity (Wildman–Crippen MR) is 76.2 cm³/mol. The van der Waals surface area contributed by atoms with Gasteiger partial charge in [0.05, 0.1) is 5.69 Å². The van der Waals surface area contributed by atoms with E-state index in [1.165, 1.54) is 50.2 Å². The summed E-state index contributed by atoms with van der Waals surface area (Å²) < 4.78 is 0. The predicted octanol–water partition coefficient (Wildman–Crippen LogP) is 4.19. The zero-order valence-corrected chi connectivity index (χ0v) is 11.8. The smallest absolute Gasteiger partial charge is 0.0528 e. The molecule has 0 amide bonds. The van der Waals surface area contributed by atoms with Gasteiger partial charge < -0.3 is 0 Å². The minimum atomic E-state index is 1.00. The van der Waals surface area contributed by atoms with Gasteiger partial charge in [-0.05, 0) is 79.6 Å². The zero-order valence-electron chi connectivity index (χ0n) is 11.8. The number of benzene rings is 1. The number of pyridine rings is 1. The first-order chi connectivity index (χ1) is 8.52. The maximum atomic E-state index is 4.58. The van der Waals surface area contributed by atoms with Crippen LogP contribution in [0.5, 0.6) is 0 Å². The molecule has 18 heavy (non-hydrogen) atoms. The summed E-state index contributed by atoms with van der Waals surface area (Å²) in [6, 6.07) is 2.12.